The van der Waals surface area contributed by atoms with Gasteiger partial charge in [0.25, 0.3) is 0 Å². The predicted molar refractivity (Wildman–Crippen MR) is 62.0 cm³/mol. The van der Waals surface area contributed by atoms with Crippen molar-refractivity contribution in [1.82, 2.24) is 10.6 Å². The van der Waals surface area contributed by atoms with E-state index in [4.69, 9.17) is 5.73 Å². The number of rotatable bonds is 4. The molecule has 0 saturated carbocycles. The highest BCUT2D eigenvalue weighted by Crippen LogP contribution is 2.43. The molecule has 1 rings (SSSR count). The lowest BCUT2D eigenvalue weighted by atomic mass is 9.84. The molecule has 0 aromatic rings. The summed E-state index contributed by atoms with van der Waals surface area (Å²) in [5.41, 5.74) is 1.47. The molecule has 1 aliphatic heterocycles. The molecule has 0 spiro atoms. The minimum Gasteiger partial charge on any atom is -0.370 e. The Morgan fingerprint density at radius 1 is 1.37 bits per heavy atom. The van der Waals surface area contributed by atoms with Crippen LogP contribution in [0.2, 0.25) is 0 Å². The van der Waals surface area contributed by atoms with Gasteiger partial charge in [0.05, 0.1) is 0 Å². The second kappa shape index (κ2) is 4.99. The summed E-state index contributed by atoms with van der Waals surface area (Å²) in [6.07, 6.45) is -5.17. The van der Waals surface area contributed by atoms with Crippen molar-refractivity contribution < 1.29 is 22.8 Å². The van der Waals surface area contributed by atoms with Crippen LogP contribution in [0.4, 0.5) is 13.2 Å². The molecule has 1 aliphatic rings. The van der Waals surface area contributed by atoms with Gasteiger partial charge in [-0.3, -0.25) is 9.59 Å². The third kappa shape index (κ3) is 3.37. The number of amides is 2. The van der Waals surface area contributed by atoms with Crippen LogP contribution < -0.4 is 16.4 Å². The van der Waals surface area contributed by atoms with Gasteiger partial charge in [-0.25, -0.2) is 0 Å². The van der Waals surface area contributed by atoms with Gasteiger partial charge < -0.3 is 16.4 Å². The second-order valence-electron chi connectivity index (χ2n) is 5.49. The van der Waals surface area contributed by atoms with Gasteiger partial charge in [-0.2, -0.15) is 13.2 Å². The number of halogens is 3. The molecule has 5 nitrogen and oxygen atoms in total. The molecular formula is C11H18F3N3O2. The average molecular weight is 281 g/mol. The third-order valence-electron chi connectivity index (χ3n) is 3.20. The van der Waals surface area contributed by atoms with Crippen molar-refractivity contribution in [2.24, 2.45) is 11.1 Å². The van der Waals surface area contributed by atoms with E-state index in [1.54, 1.807) is 0 Å². The maximum atomic E-state index is 13.1. The molecule has 19 heavy (non-hydrogen) atoms. The van der Waals surface area contributed by atoms with Crippen LogP contribution in [0.25, 0.3) is 0 Å². The van der Waals surface area contributed by atoms with E-state index in [1.807, 2.05) is 0 Å². The van der Waals surface area contributed by atoms with Crippen molar-refractivity contribution in [3.63, 3.8) is 0 Å². The Bertz CT molecular complexity index is 374. The van der Waals surface area contributed by atoms with E-state index < -0.39 is 35.5 Å². The molecule has 110 valence electrons. The molecule has 0 radical (unpaired) electrons. The minimum absolute atomic E-state index is 0.128. The third-order valence-corrected chi connectivity index (χ3v) is 3.20. The summed E-state index contributed by atoms with van der Waals surface area (Å²) in [6.45, 7) is 2.60. The molecule has 1 fully saturated rings. The molecule has 1 unspecified atom stereocenters. The summed E-state index contributed by atoms with van der Waals surface area (Å²) in [5, 5.41) is 4.83. The Balaban J connectivity index is 2.88. The number of primary amides is 1. The highest BCUT2D eigenvalue weighted by molar-refractivity contribution is 5.86. The summed E-state index contributed by atoms with van der Waals surface area (Å²) in [5.74, 6) is -1.80. The predicted octanol–water partition coefficient (Wildman–Crippen LogP) is 0.299. The summed E-state index contributed by atoms with van der Waals surface area (Å²) in [4.78, 5) is 22.8. The number of hydrogen-bond donors (Lipinski definition) is 3. The van der Waals surface area contributed by atoms with E-state index in [1.165, 1.54) is 13.8 Å². The van der Waals surface area contributed by atoms with E-state index in [9.17, 15) is 22.8 Å². The molecule has 0 aliphatic carbocycles. The van der Waals surface area contributed by atoms with Gasteiger partial charge in [0, 0.05) is 18.5 Å². The smallest absolute Gasteiger partial charge is 0.370 e. The first-order chi connectivity index (χ1) is 8.50. The van der Waals surface area contributed by atoms with Crippen molar-refractivity contribution >= 4 is 11.8 Å². The monoisotopic (exact) mass is 281 g/mol. The fourth-order valence-electron chi connectivity index (χ4n) is 2.16. The van der Waals surface area contributed by atoms with Gasteiger partial charge in [0.1, 0.15) is 0 Å². The number of nitrogens with one attached hydrogen (secondary N) is 2. The van der Waals surface area contributed by atoms with Crippen LogP contribution in [0.15, 0.2) is 0 Å². The van der Waals surface area contributed by atoms with E-state index in [0.29, 0.717) is 0 Å². The van der Waals surface area contributed by atoms with Gasteiger partial charge >= 0.3 is 6.18 Å². The molecule has 0 aromatic carbocycles. The van der Waals surface area contributed by atoms with Crippen LogP contribution in [0.1, 0.15) is 26.7 Å². The van der Waals surface area contributed by atoms with Crippen LogP contribution in [0.3, 0.4) is 0 Å². The highest BCUT2D eigenvalue weighted by atomic mass is 19.4. The van der Waals surface area contributed by atoms with Crippen molar-refractivity contribution in [2.45, 2.75) is 38.4 Å². The van der Waals surface area contributed by atoms with Crippen LogP contribution in [-0.2, 0) is 9.59 Å². The molecule has 1 heterocycles. The van der Waals surface area contributed by atoms with Crippen molar-refractivity contribution in [1.29, 1.82) is 0 Å². The summed E-state index contributed by atoms with van der Waals surface area (Å²) in [6, 6.07) is 0. The maximum absolute atomic E-state index is 13.1. The fraction of sp³-hybridized carbons (Fsp3) is 0.818. The van der Waals surface area contributed by atoms with Crippen LogP contribution >= 0.6 is 0 Å². The normalized spacial score (nSPS) is 24.3. The van der Waals surface area contributed by atoms with Gasteiger partial charge in [-0.05, 0) is 26.8 Å². The average Bonchev–Trinajstić information content (AvgIpc) is 2.61. The molecule has 1 saturated heterocycles. The largest absolute Gasteiger partial charge is 0.404 e. The second-order valence-corrected chi connectivity index (χ2v) is 5.49. The van der Waals surface area contributed by atoms with Gasteiger partial charge in [-0.15, -0.1) is 0 Å². The van der Waals surface area contributed by atoms with Crippen molar-refractivity contribution in [2.75, 3.05) is 13.1 Å². The number of nitrogens with two attached hydrogens (primary N) is 1. The van der Waals surface area contributed by atoms with Crippen molar-refractivity contribution in [3.8, 4) is 0 Å². The number of alkyl halides is 3. The summed E-state index contributed by atoms with van der Waals surface area (Å²) in [7, 11) is 0. The molecule has 8 heteroatoms. The number of carbonyl (C=O) groups is 2. The molecular weight excluding hydrogens is 263 g/mol. The Kier molecular flexibility index (Phi) is 4.14. The van der Waals surface area contributed by atoms with E-state index in [0.717, 1.165) is 0 Å². The van der Waals surface area contributed by atoms with Gasteiger partial charge in [0.15, 0.2) is 5.41 Å². The summed E-state index contributed by atoms with van der Waals surface area (Å²) < 4.78 is 39.3. The summed E-state index contributed by atoms with van der Waals surface area (Å²) >= 11 is 0. The van der Waals surface area contributed by atoms with Crippen LogP contribution in [0.5, 0.6) is 0 Å². The number of carbonyl (C=O) groups excluding carboxylic acids is 2. The zero-order chi connectivity index (χ0) is 14.9. The topological polar surface area (TPSA) is 84.2 Å². The standard InChI is InChI=1S/C11H18F3N3O2/c1-9(2,5-7(15)18)17-8(19)10(11(12,13)14)3-4-16-6-10/h16H,3-6H2,1-2H3,(H2,15,18)(H,17,19). The lowest BCUT2D eigenvalue weighted by Gasteiger charge is -2.34. The maximum Gasteiger partial charge on any atom is 0.404 e. The Morgan fingerprint density at radius 2 is 1.95 bits per heavy atom. The highest BCUT2D eigenvalue weighted by Gasteiger charge is 2.61. The van der Waals surface area contributed by atoms with E-state index in [-0.39, 0.29) is 19.4 Å². The minimum atomic E-state index is -4.64. The molecule has 0 aromatic heterocycles. The molecule has 0 bridgehead atoms. The first-order valence-corrected chi connectivity index (χ1v) is 5.89. The van der Waals surface area contributed by atoms with E-state index >= 15 is 0 Å². The first kappa shape index (κ1) is 15.7. The van der Waals surface area contributed by atoms with E-state index in [2.05, 4.69) is 10.6 Å². The lowest BCUT2D eigenvalue weighted by Crippen LogP contribution is -2.57. The lowest BCUT2D eigenvalue weighted by molar-refractivity contribution is -0.216. The fourth-order valence-corrected chi connectivity index (χ4v) is 2.16. The Labute approximate surface area is 109 Å². The van der Waals surface area contributed by atoms with Crippen LogP contribution in [-0.4, -0.2) is 36.6 Å². The molecule has 4 N–H and O–H groups in total. The van der Waals surface area contributed by atoms with Gasteiger partial charge in [-0.1, -0.05) is 0 Å². The first-order valence-electron chi connectivity index (χ1n) is 5.89. The van der Waals surface area contributed by atoms with Crippen LogP contribution in [0, 0.1) is 5.41 Å². The van der Waals surface area contributed by atoms with Gasteiger partial charge in [0.2, 0.25) is 11.8 Å². The van der Waals surface area contributed by atoms with Crippen molar-refractivity contribution in [3.05, 3.63) is 0 Å². The zero-order valence-electron chi connectivity index (χ0n) is 10.9. The molecule has 1 atom stereocenters. The molecule has 2 amide bonds. The quantitative estimate of drug-likeness (QED) is 0.693. The Hall–Kier alpha value is -1.31. The SMILES string of the molecule is CC(C)(CC(N)=O)NC(=O)C1(C(F)(F)F)CCNC1. The Morgan fingerprint density at radius 3 is 2.32 bits per heavy atom. The zero-order valence-corrected chi connectivity index (χ0v) is 10.9. The number of hydrogen-bond acceptors (Lipinski definition) is 3.